The van der Waals surface area contributed by atoms with E-state index in [1.807, 2.05) is 0 Å². The van der Waals surface area contributed by atoms with Crippen LogP contribution < -0.4 is 5.32 Å². The van der Waals surface area contributed by atoms with Gasteiger partial charge in [0.25, 0.3) is 0 Å². The summed E-state index contributed by atoms with van der Waals surface area (Å²) in [6, 6.07) is -0.708. The number of rotatable bonds is 32. The molecule has 9 heteroatoms. The van der Waals surface area contributed by atoms with Gasteiger partial charge in [-0.15, -0.1) is 0 Å². The molecule has 1 aliphatic heterocycles. The quantitative estimate of drug-likeness (QED) is 0.0426. The molecule has 0 aromatic carbocycles. The topological polar surface area (TPSA) is 149 Å². The fourth-order valence-electron chi connectivity index (χ4n) is 6.45. The Hall–Kier alpha value is -0.810. The van der Waals surface area contributed by atoms with E-state index in [1.165, 1.54) is 116 Å². The summed E-state index contributed by atoms with van der Waals surface area (Å²) in [5.41, 5.74) is 0. The number of ether oxygens (including phenoxy) is 2. The van der Waals surface area contributed by atoms with Crippen LogP contribution in [0.3, 0.4) is 0 Å². The van der Waals surface area contributed by atoms with Crippen LogP contribution in [0, 0.1) is 0 Å². The van der Waals surface area contributed by atoms with Crippen LogP contribution in [-0.2, 0) is 14.3 Å². The zero-order valence-corrected chi connectivity index (χ0v) is 30.3. The lowest BCUT2D eigenvalue weighted by Crippen LogP contribution is -2.60. The van der Waals surface area contributed by atoms with Gasteiger partial charge in [0.15, 0.2) is 6.29 Å². The van der Waals surface area contributed by atoms with E-state index < -0.39 is 49.5 Å². The highest BCUT2D eigenvalue weighted by atomic mass is 16.7. The van der Waals surface area contributed by atoms with Gasteiger partial charge in [-0.1, -0.05) is 162 Å². The zero-order valence-electron chi connectivity index (χ0n) is 30.3. The number of carbonyl (C=O) groups is 1. The molecule has 0 saturated carbocycles. The third kappa shape index (κ3) is 21.8. The molecule has 0 radical (unpaired) electrons. The van der Waals surface area contributed by atoms with Gasteiger partial charge in [-0.05, 0) is 12.8 Å². The summed E-state index contributed by atoms with van der Waals surface area (Å²) in [6.07, 6.45) is 22.5. The summed E-state index contributed by atoms with van der Waals surface area (Å²) in [7, 11) is 0. The number of hydrogen-bond acceptors (Lipinski definition) is 8. The Labute approximate surface area is 287 Å². The molecule has 1 saturated heterocycles. The first kappa shape index (κ1) is 44.2. The Morgan fingerprint density at radius 2 is 1.06 bits per heavy atom. The van der Waals surface area contributed by atoms with E-state index in [4.69, 9.17) is 9.47 Å². The Kier molecular flexibility index (Phi) is 28.3. The highest BCUT2D eigenvalue weighted by Gasteiger charge is 2.44. The van der Waals surface area contributed by atoms with E-state index in [-0.39, 0.29) is 12.5 Å². The highest BCUT2D eigenvalue weighted by molar-refractivity contribution is 5.76. The highest BCUT2D eigenvalue weighted by Crippen LogP contribution is 2.23. The number of amides is 1. The van der Waals surface area contributed by atoms with Crippen molar-refractivity contribution in [2.45, 2.75) is 224 Å². The van der Waals surface area contributed by atoms with Gasteiger partial charge in [0.05, 0.1) is 25.4 Å². The van der Waals surface area contributed by atoms with Gasteiger partial charge in [0.2, 0.25) is 5.91 Å². The fourth-order valence-corrected chi connectivity index (χ4v) is 6.45. The second-order valence-corrected chi connectivity index (χ2v) is 14.1. The van der Waals surface area contributed by atoms with Gasteiger partial charge in [0.1, 0.15) is 24.4 Å². The van der Waals surface area contributed by atoms with E-state index in [0.717, 1.165) is 38.5 Å². The van der Waals surface area contributed by atoms with Crippen molar-refractivity contribution in [3.63, 3.8) is 0 Å². The van der Waals surface area contributed by atoms with Crippen molar-refractivity contribution in [1.29, 1.82) is 0 Å². The number of carbonyl (C=O) groups excluding carboxylic acids is 1. The first-order valence-electron chi connectivity index (χ1n) is 19.7. The molecule has 9 nitrogen and oxygen atoms in total. The van der Waals surface area contributed by atoms with E-state index in [2.05, 4.69) is 19.2 Å². The van der Waals surface area contributed by atoms with E-state index in [1.54, 1.807) is 0 Å². The molecule has 1 aliphatic rings. The fraction of sp³-hybridized carbons (Fsp3) is 0.974. The lowest BCUT2D eigenvalue weighted by atomic mass is 9.99. The van der Waals surface area contributed by atoms with Gasteiger partial charge < -0.3 is 40.3 Å². The summed E-state index contributed by atoms with van der Waals surface area (Å²) in [6.45, 7) is 3.81. The van der Waals surface area contributed by atoms with E-state index in [0.29, 0.717) is 12.8 Å². The summed E-state index contributed by atoms with van der Waals surface area (Å²) in [5, 5.41) is 54.0. The molecular formula is C38H75NO8. The minimum Gasteiger partial charge on any atom is -0.394 e. The number of aliphatic hydroxyl groups excluding tert-OH is 5. The van der Waals surface area contributed by atoms with Crippen molar-refractivity contribution < 1.29 is 39.8 Å². The van der Waals surface area contributed by atoms with Gasteiger partial charge >= 0.3 is 0 Å². The minimum absolute atomic E-state index is 0.133. The van der Waals surface area contributed by atoms with Gasteiger partial charge in [-0.3, -0.25) is 4.79 Å². The number of aliphatic hydroxyl groups is 5. The van der Waals surface area contributed by atoms with Crippen LogP contribution >= 0.6 is 0 Å². The standard InChI is InChI=1S/C38H75NO8/c1-3-5-7-9-11-13-15-16-18-20-22-24-26-28-34(42)39-31(30-46-38-37(45)36(44)35(43)33(29-40)47-38)32(41)27-25-23-21-19-17-14-12-10-8-6-4-2/h31-33,35-38,40-41,43-45H,3-30H2,1-2H3,(H,39,42). The first-order valence-corrected chi connectivity index (χ1v) is 19.7. The average Bonchev–Trinajstić information content (AvgIpc) is 3.07. The van der Waals surface area contributed by atoms with Crippen molar-refractivity contribution in [2.75, 3.05) is 13.2 Å². The lowest BCUT2D eigenvalue weighted by Gasteiger charge is -2.40. The van der Waals surface area contributed by atoms with Crippen molar-refractivity contribution in [1.82, 2.24) is 5.32 Å². The Balaban J connectivity index is 2.40. The molecule has 0 spiro atoms. The smallest absolute Gasteiger partial charge is 0.220 e. The monoisotopic (exact) mass is 674 g/mol. The molecule has 7 atom stereocenters. The Bertz CT molecular complexity index is 711. The van der Waals surface area contributed by atoms with Crippen LogP contribution in [0.4, 0.5) is 0 Å². The molecule has 7 unspecified atom stereocenters. The van der Waals surface area contributed by atoms with E-state index >= 15 is 0 Å². The lowest BCUT2D eigenvalue weighted by molar-refractivity contribution is -0.302. The molecule has 1 amide bonds. The van der Waals surface area contributed by atoms with Crippen LogP contribution in [-0.4, -0.2) is 87.5 Å². The van der Waals surface area contributed by atoms with E-state index in [9.17, 15) is 30.3 Å². The first-order chi connectivity index (χ1) is 22.8. The third-order valence-corrected chi connectivity index (χ3v) is 9.71. The Morgan fingerprint density at radius 3 is 1.51 bits per heavy atom. The summed E-state index contributed by atoms with van der Waals surface area (Å²) in [5.74, 6) is -0.145. The predicted molar refractivity (Wildman–Crippen MR) is 189 cm³/mol. The summed E-state index contributed by atoms with van der Waals surface area (Å²) >= 11 is 0. The number of unbranched alkanes of at least 4 members (excludes halogenated alkanes) is 22. The maximum absolute atomic E-state index is 12.9. The van der Waals surface area contributed by atoms with Gasteiger partial charge in [-0.25, -0.2) is 0 Å². The van der Waals surface area contributed by atoms with Crippen LogP contribution in [0.25, 0.3) is 0 Å². The summed E-state index contributed by atoms with van der Waals surface area (Å²) < 4.78 is 11.2. The number of hydrogen-bond donors (Lipinski definition) is 6. The maximum atomic E-state index is 12.9. The van der Waals surface area contributed by atoms with Crippen LogP contribution in [0.5, 0.6) is 0 Å². The second-order valence-electron chi connectivity index (χ2n) is 14.1. The summed E-state index contributed by atoms with van der Waals surface area (Å²) in [4.78, 5) is 12.9. The molecule has 6 N–H and O–H groups in total. The molecule has 0 aromatic rings. The second kappa shape index (κ2) is 30.1. The molecule has 47 heavy (non-hydrogen) atoms. The van der Waals surface area contributed by atoms with Crippen LogP contribution in [0.2, 0.25) is 0 Å². The van der Waals surface area contributed by atoms with Crippen LogP contribution in [0.1, 0.15) is 181 Å². The van der Waals surface area contributed by atoms with Crippen molar-refractivity contribution in [3.8, 4) is 0 Å². The molecule has 280 valence electrons. The SMILES string of the molecule is CCCCCCCCCCCCCCCC(=O)NC(COC1OC(CO)C(O)C(O)C1O)C(O)CCCCCCCCCCCCC. The molecule has 1 heterocycles. The molecule has 0 aromatic heterocycles. The number of nitrogens with one attached hydrogen (secondary N) is 1. The largest absolute Gasteiger partial charge is 0.394 e. The van der Waals surface area contributed by atoms with Crippen molar-refractivity contribution >= 4 is 5.91 Å². The third-order valence-electron chi connectivity index (χ3n) is 9.71. The maximum Gasteiger partial charge on any atom is 0.220 e. The van der Waals surface area contributed by atoms with Crippen molar-refractivity contribution in [2.24, 2.45) is 0 Å². The molecule has 0 bridgehead atoms. The zero-order chi connectivity index (χ0) is 34.5. The normalized spacial score (nSPS) is 22.7. The van der Waals surface area contributed by atoms with Crippen LogP contribution in [0.15, 0.2) is 0 Å². The molecular weight excluding hydrogens is 598 g/mol. The van der Waals surface area contributed by atoms with Gasteiger partial charge in [0, 0.05) is 6.42 Å². The predicted octanol–water partition coefficient (Wildman–Crippen LogP) is 6.83. The molecule has 1 fully saturated rings. The molecule has 0 aliphatic carbocycles. The van der Waals surface area contributed by atoms with Gasteiger partial charge in [-0.2, -0.15) is 0 Å². The molecule has 1 rings (SSSR count). The van der Waals surface area contributed by atoms with Crippen molar-refractivity contribution in [3.05, 3.63) is 0 Å². The Morgan fingerprint density at radius 1 is 0.638 bits per heavy atom. The minimum atomic E-state index is -1.55. The average molecular weight is 674 g/mol.